The van der Waals surface area contributed by atoms with Gasteiger partial charge in [-0.1, -0.05) is 41.0 Å². The molecule has 0 aliphatic rings. The molecule has 4 nitrogen and oxygen atoms in total. The van der Waals surface area contributed by atoms with E-state index in [1.54, 1.807) is 6.20 Å². The van der Waals surface area contributed by atoms with Crippen molar-refractivity contribution in [2.45, 2.75) is 0 Å². The Hall–Kier alpha value is -2.85. The van der Waals surface area contributed by atoms with E-state index in [9.17, 15) is 0 Å². The van der Waals surface area contributed by atoms with Crippen LogP contribution in [0.1, 0.15) is 0 Å². The molecule has 0 spiro atoms. The van der Waals surface area contributed by atoms with E-state index in [0.29, 0.717) is 16.4 Å². The molecular formula is C18H12ClN3O. The number of fused-ring (bicyclic) bond motifs is 1. The Morgan fingerprint density at radius 1 is 0.957 bits per heavy atom. The Labute approximate surface area is 137 Å². The van der Waals surface area contributed by atoms with Gasteiger partial charge in [0.05, 0.1) is 11.1 Å². The van der Waals surface area contributed by atoms with Gasteiger partial charge >= 0.3 is 0 Å². The first kappa shape index (κ1) is 13.8. The predicted octanol–water partition coefficient (Wildman–Crippen LogP) is 4.79. The normalized spacial score (nSPS) is 11.0. The van der Waals surface area contributed by atoms with Crippen molar-refractivity contribution >= 4 is 28.4 Å². The van der Waals surface area contributed by atoms with E-state index < -0.39 is 0 Å². The second kappa shape index (κ2) is 5.41. The first-order valence-electron chi connectivity index (χ1n) is 7.08. The molecule has 5 heteroatoms. The molecule has 0 bridgehead atoms. The molecule has 0 aliphatic heterocycles. The van der Waals surface area contributed by atoms with Gasteiger partial charge in [0, 0.05) is 22.3 Å². The summed E-state index contributed by atoms with van der Waals surface area (Å²) in [6, 6.07) is 17.4. The zero-order valence-electron chi connectivity index (χ0n) is 12.0. The minimum atomic E-state index is 0.396. The lowest BCUT2D eigenvalue weighted by atomic mass is 9.99. The van der Waals surface area contributed by atoms with Gasteiger partial charge in [0.25, 0.3) is 0 Å². The third kappa shape index (κ3) is 2.43. The number of benzene rings is 2. The van der Waals surface area contributed by atoms with Crippen molar-refractivity contribution in [3.05, 3.63) is 65.8 Å². The van der Waals surface area contributed by atoms with Gasteiger partial charge in [0.1, 0.15) is 0 Å². The van der Waals surface area contributed by atoms with Crippen LogP contribution in [0.25, 0.3) is 33.4 Å². The van der Waals surface area contributed by atoms with Gasteiger partial charge in [0.15, 0.2) is 11.4 Å². The number of pyridine rings is 1. The minimum absolute atomic E-state index is 0.396. The number of nitrogen functional groups attached to an aromatic ring is 1. The first-order chi connectivity index (χ1) is 11.2. The number of nitrogens with zero attached hydrogens (tertiary/aromatic N) is 2. The molecule has 0 amide bonds. The Balaban J connectivity index is 1.91. The van der Waals surface area contributed by atoms with Gasteiger partial charge in [-0.2, -0.15) is 0 Å². The second-order valence-electron chi connectivity index (χ2n) is 5.19. The molecule has 0 aliphatic carbocycles. The molecule has 0 radical (unpaired) electrons. The Morgan fingerprint density at radius 3 is 2.74 bits per heavy atom. The standard InChI is InChI=1S/C18H12ClN3O/c19-13-4-1-3-12(9-13)17-14(5-2-8-21-17)11-6-7-15-16(10-11)23-22-18(15)20/h1-10H,(H2,20,22). The number of hydrogen-bond acceptors (Lipinski definition) is 4. The van der Waals surface area contributed by atoms with Gasteiger partial charge in [-0.3, -0.25) is 4.98 Å². The lowest BCUT2D eigenvalue weighted by Crippen LogP contribution is -1.89. The summed E-state index contributed by atoms with van der Waals surface area (Å²) in [5.41, 5.74) is 10.2. The average molecular weight is 322 g/mol. The van der Waals surface area contributed by atoms with E-state index in [4.69, 9.17) is 21.9 Å². The molecule has 0 unspecified atom stereocenters. The van der Waals surface area contributed by atoms with Crippen LogP contribution in [0.5, 0.6) is 0 Å². The van der Waals surface area contributed by atoms with Crippen molar-refractivity contribution in [3.63, 3.8) is 0 Å². The molecule has 4 rings (SSSR count). The van der Waals surface area contributed by atoms with Gasteiger partial charge < -0.3 is 10.3 Å². The second-order valence-corrected chi connectivity index (χ2v) is 5.63. The predicted molar refractivity (Wildman–Crippen MR) is 92.1 cm³/mol. The zero-order chi connectivity index (χ0) is 15.8. The summed E-state index contributed by atoms with van der Waals surface area (Å²) in [5.74, 6) is 0.396. The fourth-order valence-electron chi connectivity index (χ4n) is 2.63. The lowest BCUT2D eigenvalue weighted by molar-refractivity contribution is 0.460. The van der Waals surface area contributed by atoms with Crippen LogP contribution in [-0.2, 0) is 0 Å². The van der Waals surface area contributed by atoms with Crippen LogP contribution < -0.4 is 5.73 Å². The monoisotopic (exact) mass is 321 g/mol. The summed E-state index contributed by atoms with van der Waals surface area (Å²) < 4.78 is 5.26. The molecule has 2 aromatic heterocycles. The molecule has 0 saturated heterocycles. The molecule has 2 heterocycles. The molecule has 0 atom stereocenters. The number of nitrogens with two attached hydrogens (primary N) is 1. The minimum Gasteiger partial charge on any atom is -0.380 e. The summed E-state index contributed by atoms with van der Waals surface area (Å²) in [6.45, 7) is 0. The quantitative estimate of drug-likeness (QED) is 0.576. The van der Waals surface area contributed by atoms with Gasteiger partial charge in [-0.25, -0.2) is 0 Å². The van der Waals surface area contributed by atoms with Gasteiger partial charge in [-0.15, -0.1) is 0 Å². The van der Waals surface area contributed by atoms with Crippen molar-refractivity contribution in [3.8, 4) is 22.4 Å². The smallest absolute Gasteiger partial charge is 0.174 e. The maximum absolute atomic E-state index is 6.11. The van der Waals surface area contributed by atoms with Crippen LogP contribution in [0.4, 0.5) is 5.82 Å². The van der Waals surface area contributed by atoms with Crippen molar-refractivity contribution in [2.75, 3.05) is 5.73 Å². The number of aromatic nitrogens is 2. The maximum atomic E-state index is 6.11. The number of anilines is 1. The number of halogens is 1. The van der Waals surface area contributed by atoms with Crippen LogP contribution in [0.2, 0.25) is 5.02 Å². The summed E-state index contributed by atoms with van der Waals surface area (Å²) in [5, 5.41) is 5.28. The highest BCUT2D eigenvalue weighted by atomic mass is 35.5. The molecule has 2 N–H and O–H groups in total. The van der Waals surface area contributed by atoms with Gasteiger partial charge in [-0.05, 0) is 35.9 Å². The zero-order valence-corrected chi connectivity index (χ0v) is 12.8. The largest absolute Gasteiger partial charge is 0.380 e. The molecule has 0 fully saturated rings. The van der Waals surface area contributed by atoms with Crippen molar-refractivity contribution in [1.29, 1.82) is 0 Å². The van der Waals surface area contributed by atoms with Crippen LogP contribution in [0, 0.1) is 0 Å². The summed E-state index contributed by atoms with van der Waals surface area (Å²) >= 11 is 6.11. The van der Waals surface area contributed by atoms with Crippen LogP contribution in [0.3, 0.4) is 0 Å². The van der Waals surface area contributed by atoms with E-state index in [2.05, 4.69) is 10.1 Å². The summed E-state index contributed by atoms with van der Waals surface area (Å²) in [7, 11) is 0. The highest BCUT2D eigenvalue weighted by molar-refractivity contribution is 6.30. The lowest BCUT2D eigenvalue weighted by Gasteiger charge is -2.09. The van der Waals surface area contributed by atoms with Crippen molar-refractivity contribution in [2.24, 2.45) is 0 Å². The molecule has 0 saturated carbocycles. The Morgan fingerprint density at radius 2 is 1.87 bits per heavy atom. The molecular weight excluding hydrogens is 310 g/mol. The highest BCUT2D eigenvalue weighted by Crippen LogP contribution is 2.33. The summed E-state index contributed by atoms with van der Waals surface area (Å²) in [4.78, 5) is 4.52. The van der Waals surface area contributed by atoms with E-state index in [1.165, 1.54) is 0 Å². The Bertz CT molecular complexity index is 1010. The van der Waals surface area contributed by atoms with E-state index >= 15 is 0 Å². The first-order valence-corrected chi connectivity index (χ1v) is 7.46. The van der Waals surface area contributed by atoms with Crippen LogP contribution >= 0.6 is 11.6 Å². The van der Waals surface area contributed by atoms with Crippen molar-refractivity contribution in [1.82, 2.24) is 10.1 Å². The fourth-order valence-corrected chi connectivity index (χ4v) is 2.82. The number of rotatable bonds is 2. The van der Waals surface area contributed by atoms with E-state index in [1.807, 2.05) is 54.6 Å². The SMILES string of the molecule is Nc1noc2cc(-c3cccnc3-c3cccc(Cl)c3)ccc12. The highest BCUT2D eigenvalue weighted by Gasteiger charge is 2.12. The topological polar surface area (TPSA) is 64.9 Å². The molecule has 2 aromatic carbocycles. The van der Waals surface area contributed by atoms with Gasteiger partial charge in [0.2, 0.25) is 0 Å². The van der Waals surface area contributed by atoms with Crippen molar-refractivity contribution < 1.29 is 4.52 Å². The van der Waals surface area contributed by atoms with Crippen LogP contribution in [0.15, 0.2) is 65.3 Å². The third-order valence-electron chi connectivity index (χ3n) is 3.72. The fraction of sp³-hybridized carbons (Fsp3) is 0. The molecule has 4 aromatic rings. The molecule has 23 heavy (non-hydrogen) atoms. The Kier molecular flexibility index (Phi) is 3.24. The summed E-state index contributed by atoms with van der Waals surface area (Å²) in [6.07, 6.45) is 1.77. The van der Waals surface area contributed by atoms with Crippen LogP contribution in [-0.4, -0.2) is 10.1 Å². The average Bonchev–Trinajstić information content (AvgIpc) is 2.95. The van der Waals surface area contributed by atoms with E-state index in [-0.39, 0.29) is 0 Å². The molecule has 112 valence electrons. The maximum Gasteiger partial charge on any atom is 0.174 e. The third-order valence-corrected chi connectivity index (χ3v) is 3.95. The van der Waals surface area contributed by atoms with E-state index in [0.717, 1.165) is 27.8 Å². The number of hydrogen-bond donors (Lipinski definition) is 1.